The van der Waals surface area contributed by atoms with Gasteiger partial charge >= 0.3 is 0 Å². The van der Waals surface area contributed by atoms with E-state index in [9.17, 15) is 4.79 Å². The zero-order valence-corrected chi connectivity index (χ0v) is 5.05. The van der Waals surface area contributed by atoms with E-state index in [1.807, 2.05) is 6.92 Å². The van der Waals surface area contributed by atoms with Crippen LogP contribution in [-0.4, -0.2) is 6.29 Å². The lowest BCUT2D eigenvalue weighted by atomic mass is 10.2. The molecule has 0 aromatic carbocycles. The van der Waals surface area contributed by atoms with Gasteiger partial charge < -0.3 is 0 Å². The fourth-order valence-corrected chi connectivity index (χ4v) is 0.412. The van der Waals surface area contributed by atoms with Crippen molar-refractivity contribution in [2.75, 3.05) is 0 Å². The molecule has 0 aliphatic carbocycles. The Morgan fingerprint density at radius 3 is 2.75 bits per heavy atom. The molecular formula is C7H10O. The standard InChI is InChI=1S/C7H10O/c1-3-4-7(2)5-6-8/h3,5-6H,1,4H2,2H3/b7-5+. The smallest absolute Gasteiger partial charge is 0.142 e. The van der Waals surface area contributed by atoms with Crippen molar-refractivity contribution in [3.63, 3.8) is 0 Å². The van der Waals surface area contributed by atoms with Crippen molar-refractivity contribution in [2.45, 2.75) is 13.3 Å². The van der Waals surface area contributed by atoms with Gasteiger partial charge in [-0.05, 0) is 19.4 Å². The second kappa shape index (κ2) is 4.31. The third-order valence-corrected chi connectivity index (χ3v) is 0.819. The molecule has 0 saturated heterocycles. The molecule has 0 aliphatic rings. The first-order chi connectivity index (χ1) is 3.81. The number of carbonyl (C=O) groups excluding carboxylic acids is 1. The van der Waals surface area contributed by atoms with Crippen LogP contribution in [0.4, 0.5) is 0 Å². The molecule has 0 aliphatic heterocycles. The molecule has 0 fully saturated rings. The Bertz CT molecular complexity index is 112. The van der Waals surface area contributed by atoms with Gasteiger partial charge in [-0.15, -0.1) is 6.58 Å². The highest BCUT2D eigenvalue weighted by molar-refractivity contribution is 5.65. The third-order valence-electron chi connectivity index (χ3n) is 0.819. The number of aldehydes is 1. The summed E-state index contributed by atoms with van der Waals surface area (Å²) >= 11 is 0. The van der Waals surface area contributed by atoms with E-state index in [0.717, 1.165) is 18.3 Å². The van der Waals surface area contributed by atoms with Gasteiger partial charge in [0, 0.05) is 0 Å². The van der Waals surface area contributed by atoms with Crippen LogP contribution in [0.5, 0.6) is 0 Å². The van der Waals surface area contributed by atoms with Crippen molar-refractivity contribution in [1.29, 1.82) is 0 Å². The molecule has 0 radical (unpaired) electrons. The number of hydrogen-bond acceptors (Lipinski definition) is 1. The second-order valence-corrected chi connectivity index (χ2v) is 1.64. The summed E-state index contributed by atoms with van der Waals surface area (Å²) in [6.07, 6.45) is 4.91. The fraction of sp³-hybridized carbons (Fsp3) is 0.286. The second-order valence-electron chi connectivity index (χ2n) is 1.64. The summed E-state index contributed by atoms with van der Waals surface area (Å²) in [6.45, 7) is 5.43. The van der Waals surface area contributed by atoms with E-state index in [2.05, 4.69) is 6.58 Å². The van der Waals surface area contributed by atoms with Crippen molar-refractivity contribution in [1.82, 2.24) is 0 Å². The quantitative estimate of drug-likeness (QED) is 0.307. The van der Waals surface area contributed by atoms with Gasteiger partial charge in [-0.1, -0.05) is 11.6 Å². The molecular weight excluding hydrogens is 100 g/mol. The maximum absolute atomic E-state index is 9.78. The van der Waals surface area contributed by atoms with Crippen LogP contribution in [0.2, 0.25) is 0 Å². The van der Waals surface area contributed by atoms with Crippen LogP contribution in [0.3, 0.4) is 0 Å². The topological polar surface area (TPSA) is 17.1 Å². The molecule has 0 heterocycles. The molecule has 1 nitrogen and oxygen atoms in total. The van der Waals surface area contributed by atoms with E-state index in [4.69, 9.17) is 0 Å². The van der Waals surface area contributed by atoms with Gasteiger partial charge in [0.05, 0.1) is 0 Å². The predicted molar refractivity (Wildman–Crippen MR) is 34.6 cm³/mol. The van der Waals surface area contributed by atoms with Gasteiger partial charge in [-0.2, -0.15) is 0 Å². The minimum Gasteiger partial charge on any atom is -0.299 e. The Morgan fingerprint density at radius 1 is 1.75 bits per heavy atom. The Hall–Kier alpha value is -0.850. The predicted octanol–water partition coefficient (Wildman–Crippen LogP) is 1.71. The van der Waals surface area contributed by atoms with Gasteiger partial charge in [0.15, 0.2) is 0 Å². The molecule has 0 unspecified atom stereocenters. The minimum absolute atomic E-state index is 0.791. The van der Waals surface area contributed by atoms with Gasteiger partial charge in [0.2, 0.25) is 0 Å². The van der Waals surface area contributed by atoms with E-state index in [1.54, 1.807) is 12.2 Å². The molecule has 0 saturated carbocycles. The van der Waals surface area contributed by atoms with E-state index >= 15 is 0 Å². The monoisotopic (exact) mass is 110 g/mol. The highest BCUT2D eigenvalue weighted by atomic mass is 16.1. The summed E-state index contributed by atoms with van der Waals surface area (Å²) in [5.41, 5.74) is 1.05. The summed E-state index contributed by atoms with van der Waals surface area (Å²) in [7, 11) is 0. The molecule has 0 N–H and O–H groups in total. The first-order valence-electron chi connectivity index (χ1n) is 2.53. The molecule has 0 aromatic rings. The van der Waals surface area contributed by atoms with Crippen molar-refractivity contribution in [3.8, 4) is 0 Å². The van der Waals surface area contributed by atoms with Crippen molar-refractivity contribution < 1.29 is 4.79 Å². The largest absolute Gasteiger partial charge is 0.299 e. The van der Waals surface area contributed by atoms with Crippen molar-refractivity contribution in [2.24, 2.45) is 0 Å². The number of rotatable bonds is 3. The molecule has 0 rings (SSSR count). The van der Waals surface area contributed by atoms with Crippen LogP contribution in [0, 0.1) is 0 Å². The van der Waals surface area contributed by atoms with E-state index in [0.29, 0.717) is 0 Å². The zero-order valence-electron chi connectivity index (χ0n) is 5.05. The lowest BCUT2D eigenvalue weighted by Gasteiger charge is -1.86. The average Bonchev–Trinajstić information content (AvgIpc) is 1.68. The van der Waals surface area contributed by atoms with Crippen LogP contribution >= 0.6 is 0 Å². The van der Waals surface area contributed by atoms with Crippen LogP contribution in [-0.2, 0) is 4.79 Å². The summed E-state index contributed by atoms with van der Waals surface area (Å²) in [6, 6.07) is 0. The highest BCUT2D eigenvalue weighted by Gasteiger charge is 1.79. The lowest BCUT2D eigenvalue weighted by Crippen LogP contribution is -1.71. The molecule has 8 heavy (non-hydrogen) atoms. The normalized spacial score (nSPS) is 10.9. The lowest BCUT2D eigenvalue weighted by molar-refractivity contribution is -0.104. The first-order valence-corrected chi connectivity index (χ1v) is 2.53. The van der Waals surface area contributed by atoms with Crippen molar-refractivity contribution in [3.05, 3.63) is 24.3 Å². The average molecular weight is 110 g/mol. The molecule has 0 bridgehead atoms. The van der Waals surface area contributed by atoms with Crippen LogP contribution in [0.25, 0.3) is 0 Å². The van der Waals surface area contributed by atoms with Gasteiger partial charge in [-0.25, -0.2) is 0 Å². The van der Waals surface area contributed by atoms with Crippen LogP contribution in [0.15, 0.2) is 24.3 Å². The van der Waals surface area contributed by atoms with Gasteiger partial charge in [-0.3, -0.25) is 4.79 Å². The van der Waals surface area contributed by atoms with Crippen LogP contribution < -0.4 is 0 Å². The molecule has 0 spiro atoms. The molecule has 0 aromatic heterocycles. The van der Waals surface area contributed by atoms with Crippen LogP contribution in [0.1, 0.15) is 13.3 Å². The fourth-order valence-electron chi connectivity index (χ4n) is 0.412. The summed E-state index contributed by atoms with van der Waals surface area (Å²) in [5, 5.41) is 0. The SMILES string of the molecule is C=CC/C(C)=C/C=O. The van der Waals surface area contributed by atoms with E-state index in [1.165, 1.54) is 0 Å². The van der Waals surface area contributed by atoms with E-state index < -0.39 is 0 Å². The maximum atomic E-state index is 9.78. The summed E-state index contributed by atoms with van der Waals surface area (Å²) < 4.78 is 0. The minimum atomic E-state index is 0.791. The Balaban J connectivity index is 3.60. The van der Waals surface area contributed by atoms with E-state index in [-0.39, 0.29) is 0 Å². The Labute approximate surface area is 49.7 Å². The molecule has 1 heteroatoms. The molecule has 0 amide bonds. The number of hydrogen-bond donors (Lipinski definition) is 0. The molecule has 44 valence electrons. The third kappa shape index (κ3) is 3.34. The number of allylic oxidation sites excluding steroid dienone is 3. The summed E-state index contributed by atoms with van der Waals surface area (Å²) in [4.78, 5) is 9.78. The first kappa shape index (κ1) is 7.15. The van der Waals surface area contributed by atoms with Gasteiger partial charge in [0.1, 0.15) is 6.29 Å². The maximum Gasteiger partial charge on any atom is 0.142 e. The van der Waals surface area contributed by atoms with Crippen molar-refractivity contribution >= 4 is 6.29 Å². The highest BCUT2D eigenvalue weighted by Crippen LogP contribution is 1.96. The summed E-state index contributed by atoms with van der Waals surface area (Å²) in [5.74, 6) is 0. The Kier molecular flexibility index (Phi) is 3.85. The number of carbonyl (C=O) groups is 1. The molecule has 0 atom stereocenters. The van der Waals surface area contributed by atoms with Gasteiger partial charge in [0.25, 0.3) is 0 Å². The zero-order chi connectivity index (χ0) is 6.41. The Morgan fingerprint density at radius 2 is 2.38 bits per heavy atom.